The largest absolute Gasteiger partial charge is 0.461 e. The van der Waals surface area contributed by atoms with Crippen molar-refractivity contribution >= 4 is 24.8 Å². The Bertz CT molecular complexity index is 786. The van der Waals surface area contributed by atoms with E-state index in [2.05, 4.69) is 24.6 Å². The zero-order chi connectivity index (χ0) is 17.9. The van der Waals surface area contributed by atoms with Gasteiger partial charge in [-0.25, -0.2) is 4.79 Å². The lowest BCUT2D eigenvalue weighted by atomic mass is 10.2. The molecule has 2 rings (SSSR count). The van der Waals surface area contributed by atoms with Crippen LogP contribution in [0.2, 0.25) is 25.7 Å². The van der Waals surface area contributed by atoms with Gasteiger partial charge in [0.25, 0.3) is 5.56 Å². The minimum absolute atomic E-state index is 0.172. The molecular formula is C17H26N2O4Si. The summed E-state index contributed by atoms with van der Waals surface area (Å²) in [6, 6.07) is 2.75. The van der Waals surface area contributed by atoms with Crippen LogP contribution in [-0.2, 0) is 16.2 Å². The zero-order valence-corrected chi connectivity index (χ0v) is 16.1. The van der Waals surface area contributed by atoms with Crippen LogP contribution in [-0.4, -0.2) is 36.8 Å². The number of H-pyrrole nitrogens is 1. The normalized spacial score (nSPS) is 11.9. The number of nitrogens with zero attached hydrogens (tertiary/aromatic N) is 1. The molecule has 0 atom stereocenters. The molecule has 24 heavy (non-hydrogen) atoms. The van der Waals surface area contributed by atoms with E-state index in [9.17, 15) is 9.59 Å². The molecule has 132 valence electrons. The average Bonchev–Trinajstić information content (AvgIpc) is 2.80. The first-order chi connectivity index (χ1) is 11.2. The van der Waals surface area contributed by atoms with Crippen LogP contribution >= 0.6 is 0 Å². The molecule has 0 aliphatic heterocycles. The highest BCUT2D eigenvalue weighted by atomic mass is 28.3. The smallest absolute Gasteiger partial charge is 0.354 e. The SMILES string of the molecule is CCOC(=O)c1cc2cn(COCC[Si](C)(C)C)c(C)c2c(=O)[nH]1. The fourth-order valence-corrected chi connectivity index (χ4v) is 3.21. The van der Waals surface area contributed by atoms with Gasteiger partial charge in [0.2, 0.25) is 0 Å². The molecule has 2 heterocycles. The van der Waals surface area contributed by atoms with E-state index < -0.39 is 14.0 Å². The van der Waals surface area contributed by atoms with Gasteiger partial charge < -0.3 is 19.0 Å². The van der Waals surface area contributed by atoms with Gasteiger partial charge in [-0.2, -0.15) is 0 Å². The third kappa shape index (κ3) is 4.36. The van der Waals surface area contributed by atoms with Crippen LogP contribution in [0, 0.1) is 6.92 Å². The third-order valence-electron chi connectivity index (χ3n) is 3.87. The summed E-state index contributed by atoms with van der Waals surface area (Å²) in [5, 5.41) is 1.30. The minimum Gasteiger partial charge on any atom is -0.461 e. The Labute approximate surface area is 142 Å². The van der Waals surface area contributed by atoms with Gasteiger partial charge in [-0.05, 0) is 26.0 Å². The van der Waals surface area contributed by atoms with Gasteiger partial charge in [0.15, 0.2) is 0 Å². The Morgan fingerprint density at radius 2 is 2.04 bits per heavy atom. The number of carbonyl (C=O) groups is 1. The molecule has 0 fully saturated rings. The Balaban J connectivity index is 2.21. The van der Waals surface area contributed by atoms with E-state index in [1.807, 2.05) is 17.7 Å². The first-order valence-electron chi connectivity index (χ1n) is 8.20. The van der Waals surface area contributed by atoms with Crippen LogP contribution in [0.5, 0.6) is 0 Å². The van der Waals surface area contributed by atoms with Crippen LogP contribution in [0.3, 0.4) is 0 Å². The number of aryl methyl sites for hydroxylation is 1. The quantitative estimate of drug-likeness (QED) is 0.473. The van der Waals surface area contributed by atoms with E-state index in [0.717, 1.165) is 11.7 Å². The van der Waals surface area contributed by atoms with Gasteiger partial charge in [0.05, 0.1) is 12.0 Å². The van der Waals surface area contributed by atoms with Gasteiger partial charge in [-0.3, -0.25) is 4.79 Å². The summed E-state index contributed by atoms with van der Waals surface area (Å²) >= 11 is 0. The Morgan fingerprint density at radius 1 is 1.33 bits per heavy atom. The molecule has 2 aromatic heterocycles. The Kier molecular flexibility index (Phi) is 5.66. The molecule has 6 nitrogen and oxygen atoms in total. The molecule has 0 radical (unpaired) electrons. The van der Waals surface area contributed by atoms with Crippen molar-refractivity contribution in [2.45, 2.75) is 46.3 Å². The average molecular weight is 350 g/mol. The van der Waals surface area contributed by atoms with E-state index in [-0.39, 0.29) is 17.9 Å². The first-order valence-corrected chi connectivity index (χ1v) is 11.9. The second-order valence-electron chi connectivity index (χ2n) is 7.10. The lowest BCUT2D eigenvalue weighted by molar-refractivity contribution is 0.0519. The van der Waals surface area contributed by atoms with E-state index >= 15 is 0 Å². The van der Waals surface area contributed by atoms with Crippen LogP contribution in [0.4, 0.5) is 0 Å². The van der Waals surface area contributed by atoms with Gasteiger partial charge in [0.1, 0.15) is 12.4 Å². The van der Waals surface area contributed by atoms with Crippen molar-refractivity contribution in [2.75, 3.05) is 13.2 Å². The molecule has 0 bridgehead atoms. The van der Waals surface area contributed by atoms with Crippen LogP contribution < -0.4 is 5.56 Å². The highest BCUT2D eigenvalue weighted by Gasteiger charge is 2.15. The number of fused-ring (bicyclic) bond motifs is 1. The highest BCUT2D eigenvalue weighted by Crippen LogP contribution is 2.18. The highest BCUT2D eigenvalue weighted by molar-refractivity contribution is 6.76. The molecule has 0 aliphatic carbocycles. The number of nitrogens with one attached hydrogen (secondary N) is 1. The lowest BCUT2D eigenvalue weighted by Crippen LogP contribution is -2.22. The van der Waals surface area contributed by atoms with Crippen molar-refractivity contribution in [3.05, 3.63) is 34.0 Å². The first kappa shape index (κ1) is 18.5. The number of ether oxygens (including phenoxy) is 2. The second-order valence-corrected chi connectivity index (χ2v) is 12.7. The maximum Gasteiger partial charge on any atom is 0.354 e. The molecule has 0 spiro atoms. The molecule has 0 saturated carbocycles. The zero-order valence-electron chi connectivity index (χ0n) is 15.1. The topological polar surface area (TPSA) is 73.3 Å². The monoisotopic (exact) mass is 350 g/mol. The fraction of sp³-hybridized carbons (Fsp3) is 0.529. The van der Waals surface area contributed by atoms with Gasteiger partial charge in [0, 0.05) is 32.0 Å². The minimum atomic E-state index is -1.12. The molecule has 0 aliphatic rings. The number of hydrogen-bond donors (Lipinski definition) is 1. The number of aromatic nitrogens is 2. The molecule has 1 N–H and O–H groups in total. The maximum absolute atomic E-state index is 12.3. The standard InChI is InChI=1S/C17H26N2O4Si/c1-6-23-17(21)14-9-13-10-19(11-22-7-8-24(3,4)5)12(2)15(13)16(20)18-14/h9-10H,6-8,11H2,1-5H3,(H,18,20). The van der Waals surface area contributed by atoms with E-state index in [1.165, 1.54) is 0 Å². The molecule has 0 aromatic carbocycles. The van der Waals surface area contributed by atoms with Crippen molar-refractivity contribution in [1.29, 1.82) is 0 Å². The van der Waals surface area contributed by atoms with E-state index in [1.54, 1.807) is 13.0 Å². The summed E-state index contributed by atoms with van der Waals surface area (Å²) in [7, 11) is -1.12. The summed E-state index contributed by atoms with van der Waals surface area (Å²) in [6.07, 6.45) is 1.84. The molecule has 0 saturated heterocycles. The summed E-state index contributed by atoms with van der Waals surface area (Å²) in [6.45, 7) is 11.9. The van der Waals surface area contributed by atoms with Gasteiger partial charge >= 0.3 is 5.97 Å². The molecule has 7 heteroatoms. The third-order valence-corrected chi connectivity index (χ3v) is 5.58. The number of pyridine rings is 1. The lowest BCUT2D eigenvalue weighted by Gasteiger charge is -2.15. The summed E-state index contributed by atoms with van der Waals surface area (Å²) in [4.78, 5) is 26.7. The fourth-order valence-electron chi connectivity index (χ4n) is 2.46. The molecule has 2 aromatic rings. The van der Waals surface area contributed by atoms with Crippen LogP contribution in [0.15, 0.2) is 17.1 Å². The van der Waals surface area contributed by atoms with Crippen molar-refractivity contribution in [3.63, 3.8) is 0 Å². The molecule has 0 amide bonds. The van der Waals surface area contributed by atoms with Crippen molar-refractivity contribution < 1.29 is 14.3 Å². The van der Waals surface area contributed by atoms with Crippen molar-refractivity contribution in [2.24, 2.45) is 0 Å². The number of rotatable bonds is 7. The van der Waals surface area contributed by atoms with Gasteiger partial charge in [-0.15, -0.1) is 0 Å². The number of carbonyl (C=O) groups excluding carboxylic acids is 1. The summed E-state index contributed by atoms with van der Waals surface area (Å²) < 4.78 is 12.6. The summed E-state index contributed by atoms with van der Waals surface area (Å²) in [5.74, 6) is -0.520. The van der Waals surface area contributed by atoms with Crippen LogP contribution in [0.1, 0.15) is 23.1 Å². The van der Waals surface area contributed by atoms with Gasteiger partial charge in [-0.1, -0.05) is 19.6 Å². The number of aromatic amines is 1. The predicted molar refractivity (Wildman–Crippen MR) is 97.4 cm³/mol. The second kappa shape index (κ2) is 7.35. The molecular weight excluding hydrogens is 324 g/mol. The molecule has 0 unspecified atom stereocenters. The number of esters is 1. The number of hydrogen-bond acceptors (Lipinski definition) is 4. The maximum atomic E-state index is 12.3. The summed E-state index contributed by atoms with van der Waals surface area (Å²) in [5.41, 5.74) is 0.717. The Hall–Kier alpha value is -1.86. The van der Waals surface area contributed by atoms with E-state index in [4.69, 9.17) is 9.47 Å². The van der Waals surface area contributed by atoms with Crippen molar-refractivity contribution in [3.8, 4) is 0 Å². The van der Waals surface area contributed by atoms with E-state index in [0.29, 0.717) is 24.1 Å². The Morgan fingerprint density at radius 3 is 2.67 bits per heavy atom. The van der Waals surface area contributed by atoms with Crippen molar-refractivity contribution in [1.82, 2.24) is 9.55 Å². The van der Waals surface area contributed by atoms with Crippen LogP contribution in [0.25, 0.3) is 10.8 Å². The predicted octanol–water partition coefficient (Wildman–Crippen LogP) is 3.13.